The molecule has 0 aliphatic rings. The SMILES string of the molecule is Cc1ccc2oc(C(Cl)Cc3c(F)cccc3F)cc2c1. The van der Waals surface area contributed by atoms with E-state index in [1.807, 2.05) is 31.2 Å². The predicted molar refractivity (Wildman–Crippen MR) is 79.6 cm³/mol. The second-order valence-electron chi connectivity index (χ2n) is 5.06. The maximum Gasteiger partial charge on any atom is 0.134 e. The Morgan fingerprint density at radius 2 is 1.81 bits per heavy atom. The number of rotatable bonds is 3. The number of benzene rings is 2. The quantitative estimate of drug-likeness (QED) is 0.579. The lowest BCUT2D eigenvalue weighted by atomic mass is 10.1. The Balaban J connectivity index is 1.91. The first kappa shape index (κ1) is 14.1. The van der Waals surface area contributed by atoms with Gasteiger partial charge in [0.2, 0.25) is 0 Å². The van der Waals surface area contributed by atoms with Gasteiger partial charge in [-0.15, -0.1) is 11.6 Å². The van der Waals surface area contributed by atoms with Crippen molar-refractivity contribution in [3.05, 3.63) is 71.0 Å². The third-order valence-corrected chi connectivity index (χ3v) is 3.81. The Bertz CT molecular complexity index is 774. The molecule has 1 nitrogen and oxygen atoms in total. The molecule has 0 spiro atoms. The molecular formula is C17H13ClF2O. The average Bonchev–Trinajstić information content (AvgIpc) is 2.86. The van der Waals surface area contributed by atoms with Crippen LogP contribution in [0.15, 0.2) is 46.9 Å². The summed E-state index contributed by atoms with van der Waals surface area (Å²) >= 11 is 6.27. The average molecular weight is 307 g/mol. The van der Waals surface area contributed by atoms with Crippen LogP contribution in [-0.2, 0) is 6.42 Å². The molecule has 1 unspecified atom stereocenters. The van der Waals surface area contributed by atoms with Crippen LogP contribution < -0.4 is 0 Å². The number of fused-ring (bicyclic) bond motifs is 1. The van der Waals surface area contributed by atoms with E-state index >= 15 is 0 Å². The minimum Gasteiger partial charge on any atom is -0.459 e. The molecule has 4 heteroatoms. The van der Waals surface area contributed by atoms with Crippen LogP contribution in [0, 0.1) is 18.6 Å². The number of alkyl halides is 1. The van der Waals surface area contributed by atoms with E-state index < -0.39 is 17.0 Å². The van der Waals surface area contributed by atoms with Crippen LogP contribution in [-0.4, -0.2) is 0 Å². The van der Waals surface area contributed by atoms with Gasteiger partial charge >= 0.3 is 0 Å². The van der Waals surface area contributed by atoms with E-state index in [2.05, 4.69) is 0 Å². The molecule has 0 saturated heterocycles. The third kappa shape index (κ3) is 2.79. The van der Waals surface area contributed by atoms with E-state index in [-0.39, 0.29) is 12.0 Å². The molecule has 0 aliphatic heterocycles. The van der Waals surface area contributed by atoms with Gasteiger partial charge < -0.3 is 4.42 Å². The summed E-state index contributed by atoms with van der Waals surface area (Å²) in [6, 6.07) is 11.4. The minimum absolute atomic E-state index is 0.0193. The summed E-state index contributed by atoms with van der Waals surface area (Å²) in [6.45, 7) is 1.99. The topological polar surface area (TPSA) is 13.1 Å². The van der Waals surface area contributed by atoms with Gasteiger partial charge in [0.25, 0.3) is 0 Å². The molecule has 1 aromatic heterocycles. The monoisotopic (exact) mass is 306 g/mol. The van der Waals surface area contributed by atoms with Crippen molar-refractivity contribution in [1.82, 2.24) is 0 Å². The van der Waals surface area contributed by atoms with Crippen LogP contribution in [0.5, 0.6) is 0 Å². The number of halogens is 3. The summed E-state index contributed by atoms with van der Waals surface area (Å²) in [5.74, 6) is -0.667. The highest BCUT2D eigenvalue weighted by atomic mass is 35.5. The van der Waals surface area contributed by atoms with Gasteiger partial charge in [-0.1, -0.05) is 17.7 Å². The summed E-state index contributed by atoms with van der Waals surface area (Å²) < 4.78 is 33.0. The van der Waals surface area contributed by atoms with Crippen molar-refractivity contribution in [3.8, 4) is 0 Å². The summed E-state index contributed by atoms with van der Waals surface area (Å²) in [5, 5.41) is 0.314. The predicted octanol–water partition coefficient (Wildman–Crippen LogP) is 5.54. The van der Waals surface area contributed by atoms with E-state index in [1.165, 1.54) is 18.2 Å². The molecule has 0 N–H and O–H groups in total. The number of aryl methyl sites for hydroxylation is 1. The molecular weight excluding hydrogens is 294 g/mol. The van der Waals surface area contributed by atoms with Crippen molar-refractivity contribution in [2.24, 2.45) is 0 Å². The summed E-state index contributed by atoms with van der Waals surface area (Å²) in [6.07, 6.45) is 0.0405. The first-order chi connectivity index (χ1) is 10.0. The summed E-state index contributed by atoms with van der Waals surface area (Å²) in [4.78, 5) is 0. The normalized spacial score (nSPS) is 12.8. The largest absolute Gasteiger partial charge is 0.459 e. The molecule has 0 saturated carbocycles. The van der Waals surface area contributed by atoms with Gasteiger partial charge in [-0.2, -0.15) is 0 Å². The lowest BCUT2D eigenvalue weighted by Crippen LogP contribution is -2.00. The lowest BCUT2D eigenvalue weighted by Gasteiger charge is -2.08. The van der Waals surface area contributed by atoms with Crippen molar-refractivity contribution in [3.63, 3.8) is 0 Å². The van der Waals surface area contributed by atoms with Crippen molar-refractivity contribution in [1.29, 1.82) is 0 Å². The zero-order valence-corrected chi connectivity index (χ0v) is 12.1. The molecule has 0 radical (unpaired) electrons. The second kappa shape index (κ2) is 5.49. The Labute approximate surface area is 126 Å². The van der Waals surface area contributed by atoms with Gasteiger partial charge in [-0.05, 0) is 37.3 Å². The standard InChI is InChI=1S/C17H13ClF2O/c1-10-5-6-16-11(7-10)8-17(21-16)13(18)9-12-14(19)3-2-4-15(12)20/h2-8,13H,9H2,1H3. The van der Waals surface area contributed by atoms with Gasteiger partial charge in [-0.25, -0.2) is 8.78 Å². The van der Waals surface area contributed by atoms with Crippen LogP contribution in [0.2, 0.25) is 0 Å². The molecule has 0 bridgehead atoms. The Hall–Kier alpha value is -1.87. The van der Waals surface area contributed by atoms with Crippen molar-refractivity contribution in [2.45, 2.75) is 18.7 Å². The van der Waals surface area contributed by atoms with E-state index in [1.54, 1.807) is 0 Å². The first-order valence-electron chi connectivity index (χ1n) is 6.61. The molecule has 0 amide bonds. The fraction of sp³-hybridized carbons (Fsp3) is 0.176. The van der Waals surface area contributed by atoms with Crippen molar-refractivity contribution >= 4 is 22.6 Å². The van der Waals surface area contributed by atoms with Crippen LogP contribution in [0.1, 0.15) is 22.3 Å². The Kier molecular flexibility index (Phi) is 3.68. The zero-order chi connectivity index (χ0) is 15.0. The van der Waals surface area contributed by atoms with Gasteiger partial charge in [-0.3, -0.25) is 0 Å². The Morgan fingerprint density at radius 3 is 2.52 bits per heavy atom. The highest BCUT2D eigenvalue weighted by molar-refractivity contribution is 6.20. The highest BCUT2D eigenvalue weighted by Gasteiger charge is 2.18. The molecule has 3 aromatic rings. The van der Waals surface area contributed by atoms with Crippen LogP contribution >= 0.6 is 11.6 Å². The zero-order valence-electron chi connectivity index (χ0n) is 11.4. The molecule has 0 aliphatic carbocycles. The van der Waals surface area contributed by atoms with Gasteiger partial charge in [0.05, 0.1) is 5.38 Å². The molecule has 3 rings (SSSR count). The Morgan fingerprint density at radius 1 is 1.10 bits per heavy atom. The third-order valence-electron chi connectivity index (χ3n) is 3.44. The maximum absolute atomic E-state index is 13.7. The van der Waals surface area contributed by atoms with Gasteiger partial charge in [0, 0.05) is 17.4 Å². The fourth-order valence-electron chi connectivity index (χ4n) is 2.34. The molecule has 1 atom stereocenters. The molecule has 1 heterocycles. The maximum atomic E-state index is 13.7. The number of furan rings is 1. The second-order valence-corrected chi connectivity index (χ2v) is 5.59. The van der Waals surface area contributed by atoms with Gasteiger partial charge in [0.1, 0.15) is 23.0 Å². The van der Waals surface area contributed by atoms with Crippen molar-refractivity contribution in [2.75, 3.05) is 0 Å². The van der Waals surface area contributed by atoms with Crippen LogP contribution in [0.3, 0.4) is 0 Å². The van der Waals surface area contributed by atoms with Crippen LogP contribution in [0.25, 0.3) is 11.0 Å². The molecule has 108 valence electrons. The molecule has 2 aromatic carbocycles. The van der Waals surface area contributed by atoms with E-state index in [4.69, 9.17) is 16.0 Å². The number of hydrogen-bond donors (Lipinski definition) is 0. The smallest absolute Gasteiger partial charge is 0.134 e. The first-order valence-corrected chi connectivity index (χ1v) is 7.05. The fourth-order valence-corrected chi connectivity index (χ4v) is 2.61. The van der Waals surface area contributed by atoms with E-state index in [0.717, 1.165) is 16.5 Å². The van der Waals surface area contributed by atoms with Gasteiger partial charge in [0.15, 0.2) is 0 Å². The minimum atomic E-state index is -0.621. The van der Waals surface area contributed by atoms with E-state index in [9.17, 15) is 8.78 Å². The summed E-state index contributed by atoms with van der Waals surface area (Å²) in [7, 11) is 0. The molecule has 21 heavy (non-hydrogen) atoms. The number of hydrogen-bond acceptors (Lipinski definition) is 1. The van der Waals surface area contributed by atoms with Crippen LogP contribution in [0.4, 0.5) is 8.78 Å². The molecule has 0 fully saturated rings. The lowest BCUT2D eigenvalue weighted by molar-refractivity contribution is 0.518. The van der Waals surface area contributed by atoms with E-state index in [0.29, 0.717) is 5.76 Å². The highest BCUT2D eigenvalue weighted by Crippen LogP contribution is 2.32. The van der Waals surface area contributed by atoms with Crippen molar-refractivity contribution < 1.29 is 13.2 Å². The summed E-state index contributed by atoms with van der Waals surface area (Å²) in [5.41, 5.74) is 1.81.